The molecule has 0 N–H and O–H groups in total. The summed E-state index contributed by atoms with van der Waals surface area (Å²) in [6.07, 6.45) is -0.678. The summed E-state index contributed by atoms with van der Waals surface area (Å²) in [5.41, 5.74) is -0.477. The molecule has 0 aliphatic rings. The minimum absolute atomic E-state index is 0. The summed E-state index contributed by atoms with van der Waals surface area (Å²) in [4.78, 5) is 19.4. The van der Waals surface area contributed by atoms with Crippen LogP contribution in [-0.2, 0) is 43.7 Å². The summed E-state index contributed by atoms with van der Waals surface area (Å²) in [7, 11) is 0. The zero-order valence-electron chi connectivity index (χ0n) is 5.15. The van der Waals surface area contributed by atoms with Crippen molar-refractivity contribution in [2.75, 3.05) is 0 Å². The average Bonchev–Trinajstić information content (AvgIpc) is 1.63. The number of carbonyl (C=O) groups is 2. The second-order valence-electron chi connectivity index (χ2n) is 1.44. The van der Waals surface area contributed by atoms with Crippen LogP contribution in [0.25, 0.3) is 0 Å². The van der Waals surface area contributed by atoms with Crippen molar-refractivity contribution in [1.29, 1.82) is 0 Å². The van der Waals surface area contributed by atoms with Crippen LogP contribution >= 0.6 is 0 Å². The van der Waals surface area contributed by atoms with Crippen LogP contribution in [0.15, 0.2) is 12.2 Å². The maximum absolute atomic E-state index is 9.73. The molecule has 0 saturated heterocycles. The van der Waals surface area contributed by atoms with Gasteiger partial charge in [-0.25, -0.2) is 0 Å². The first kappa shape index (κ1) is 17.0. The summed E-state index contributed by atoms with van der Waals surface area (Å²) < 4.78 is 0. The Labute approximate surface area is 84.6 Å². The van der Waals surface area contributed by atoms with E-state index in [0.717, 1.165) is 0 Å². The third-order valence-electron chi connectivity index (χ3n) is 0.646. The molecule has 70 valence electrons. The van der Waals surface area contributed by atoms with Crippen molar-refractivity contribution in [2.45, 2.75) is 6.42 Å². The molecule has 0 aromatic rings. The fraction of sp³-hybridized carbons (Fsp3) is 0.200. The van der Waals surface area contributed by atoms with E-state index in [1.807, 2.05) is 0 Å². The third-order valence-corrected chi connectivity index (χ3v) is 0.646. The molecule has 0 spiro atoms. The average molecular weight is 255 g/mol. The molecule has 0 atom stereocenters. The standard InChI is InChI=1S/C5H6O4.2Cu/c1-3(5(8)9)2-4(6)7;;/h1-2H2,(H,6,7)(H,8,9);;/q;2*+1/p-2. The molecule has 0 heterocycles. The minimum atomic E-state index is -1.56. The Hall–Kier alpha value is -0.281. The topological polar surface area (TPSA) is 80.3 Å². The van der Waals surface area contributed by atoms with Crippen LogP contribution < -0.4 is 10.2 Å². The Morgan fingerprint density at radius 3 is 1.64 bits per heavy atom. The Morgan fingerprint density at radius 1 is 1.18 bits per heavy atom. The molecule has 0 radical (unpaired) electrons. The van der Waals surface area contributed by atoms with Crippen molar-refractivity contribution in [3.8, 4) is 0 Å². The van der Waals surface area contributed by atoms with Crippen LogP contribution in [0.1, 0.15) is 6.42 Å². The van der Waals surface area contributed by atoms with Crippen molar-refractivity contribution < 1.29 is 53.9 Å². The number of rotatable bonds is 3. The molecule has 11 heavy (non-hydrogen) atoms. The van der Waals surface area contributed by atoms with Crippen molar-refractivity contribution in [1.82, 2.24) is 0 Å². The number of aliphatic carboxylic acids is 2. The van der Waals surface area contributed by atoms with Gasteiger partial charge in [0.15, 0.2) is 0 Å². The zero-order valence-corrected chi connectivity index (χ0v) is 7.03. The maximum atomic E-state index is 9.73. The number of carbonyl (C=O) groups excluding carboxylic acids is 2. The van der Waals surface area contributed by atoms with Crippen LogP contribution in [0.3, 0.4) is 0 Å². The van der Waals surface area contributed by atoms with E-state index < -0.39 is 23.9 Å². The molecule has 6 heteroatoms. The molecule has 0 aliphatic carbocycles. The Kier molecular flexibility index (Phi) is 12.1. The number of carboxylic acid groups (broad SMARTS) is 2. The quantitative estimate of drug-likeness (QED) is 0.410. The molecule has 0 amide bonds. The van der Waals surface area contributed by atoms with Crippen LogP contribution in [0.2, 0.25) is 0 Å². The second kappa shape index (κ2) is 7.82. The first-order valence-electron chi connectivity index (χ1n) is 2.13. The molecular formula is C5H4Cu2O4. The smallest absolute Gasteiger partial charge is 0.550 e. The SMILES string of the molecule is C=C(CC(=O)[O-])C(=O)[O-].[Cu+].[Cu+]. The minimum Gasteiger partial charge on any atom is -0.550 e. The summed E-state index contributed by atoms with van der Waals surface area (Å²) in [6, 6.07) is 0. The van der Waals surface area contributed by atoms with Crippen molar-refractivity contribution in [3.05, 3.63) is 12.2 Å². The maximum Gasteiger partial charge on any atom is 1.00 e. The first-order chi connectivity index (χ1) is 4.04. The molecular weight excluding hydrogens is 251 g/mol. The fourth-order valence-electron chi connectivity index (χ4n) is 0.246. The van der Waals surface area contributed by atoms with E-state index in [0.29, 0.717) is 0 Å². The summed E-state index contributed by atoms with van der Waals surface area (Å²) >= 11 is 0. The van der Waals surface area contributed by atoms with E-state index in [1.165, 1.54) is 0 Å². The monoisotopic (exact) mass is 254 g/mol. The molecule has 0 aromatic carbocycles. The zero-order chi connectivity index (χ0) is 7.44. The molecule has 0 aliphatic heterocycles. The molecule has 0 saturated carbocycles. The summed E-state index contributed by atoms with van der Waals surface area (Å²) in [5.74, 6) is -3.02. The van der Waals surface area contributed by atoms with Gasteiger partial charge in [0.25, 0.3) is 0 Å². The van der Waals surface area contributed by atoms with E-state index in [-0.39, 0.29) is 34.1 Å². The van der Waals surface area contributed by atoms with E-state index >= 15 is 0 Å². The van der Waals surface area contributed by atoms with E-state index in [9.17, 15) is 19.8 Å². The van der Waals surface area contributed by atoms with Gasteiger partial charge in [-0.05, 0) is 5.57 Å². The number of hydrogen-bond acceptors (Lipinski definition) is 4. The Balaban J connectivity index is -0.000000320. The van der Waals surface area contributed by atoms with Gasteiger partial charge in [0.05, 0.1) is 5.97 Å². The van der Waals surface area contributed by atoms with Crippen LogP contribution in [0, 0.1) is 0 Å². The van der Waals surface area contributed by atoms with Gasteiger partial charge < -0.3 is 19.8 Å². The number of carboxylic acids is 2. The normalized spacial score (nSPS) is 6.91. The Bertz CT molecular complexity index is 166. The van der Waals surface area contributed by atoms with Crippen LogP contribution in [0.5, 0.6) is 0 Å². The summed E-state index contributed by atoms with van der Waals surface area (Å²) in [5, 5.41) is 19.4. The van der Waals surface area contributed by atoms with E-state index in [1.54, 1.807) is 0 Å². The largest absolute Gasteiger partial charge is 1.00 e. The molecule has 0 bridgehead atoms. The van der Waals surface area contributed by atoms with Gasteiger partial charge in [0.2, 0.25) is 0 Å². The van der Waals surface area contributed by atoms with E-state index in [4.69, 9.17) is 0 Å². The summed E-state index contributed by atoms with van der Waals surface area (Å²) in [6.45, 7) is 2.91. The first-order valence-corrected chi connectivity index (χ1v) is 2.13. The third kappa shape index (κ3) is 9.72. The predicted molar refractivity (Wildman–Crippen MR) is 23.8 cm³/mol. The van der Waals surface area contributed by atoms with Gasteiger partial charge in [-0.2, -0.15) is 0 Å². The molecule has 0 aromatic heterocycles. The fourth-order valence-corrected chi connectivity index (χ4v) is 0.246. The van der Waals surface area contributed by atoms with Gasteiger partial charge >= 0.3 is 34.1 Å². The van der Waals surface area contributed by atoms with Gasteiger partial charge in [0, 0.05) is 12.4 Å². The molecule has 0 rings (SSSR count). The van der Waals surface area contributed by atoms with Crippen LogP contribution in [-0.4, -0.2) is 11.9 Å². The predicted octanol–water partition coefficient (Wildman–Crippen LogP) is -2.57. The van der Waals surface area contributed by atoms with Crippen LogP contribution in [0.4, 0.5) is 0 Å². The molecule has 0 fully saturated rings. The van der Waals surface area contributed by atoms with Gasteiger partial charge in [0.1, 0.15) is 0 Å². The Morgan fingerprint density at radius 2 is 1.55 bits per heavy atom. The molecule has 0 unspecified atom stereocenters. The molecule has 4 nitrogen and oxygen atoms in total. The van der Waals surface area contributed by atoms with Gasteiger partial charge in [-0.3, -0.25) is 0 Å². The van der Waals surface area contributed by atoms with Gasteiger partial charge in [-0.1, -0.05) is 6.58 Å². The van der Waals surface area contributed by atoms with Crippen molar-refractivity contribution >= 4 is 11.9 Å². The van der Waals surface area contributed by atoms with E-state index in [2.05, 4.69) is 6.58 Å². The van der Waals surface area contributed by atoms with Crippen molar-refractivity contribution in [3.63, 3.8) is 0 Å². The second-order valence-corrected chi connectivity index (χ2v) is 1.44. The van der Waals surface area contributed by atoms with Crippen molar-refractivity contribution in [2.24, 2.45) is 0 Å². The number of hydrogen-bond donors (Lipinski definition) is 0. The van der Waals surface area contributed by atoms with Gasteiger partial charge in [-0.15, -0.1) is 0 Å².